The summed E-state index contributed by atoms with van der Waals surface area (Å²) in [4.78, 5) is 19.7. The number of ether oxygens (including phenoxy) is 1. The minimum absolute atomic E-state index is 0.0683. The first-order valence-corrected chi connectivity index (χ1v) is 9.47. The predicted octanol–water partition coefficient (Wildman–Crippen LogP) is 4.04. The van der Waals surface area contributed by atoms with Crippen molar-refractivity contribution in [2.75, 3.05) is 26.1 Å². The second kappa shape index (κ2) is 6.82. The van der Waals surface area contributed by atoms with Crippen molar-refractivity contribution in [1.82, 2.24) is 10.3 Å². The van der Waals surface area contributed by atoms with Gasteiger partial charge in [-0.2, -0.15) is 0 Å². The van der Waals surface area contributed by atoms with Gasteiger partial charge < -0.3 is 15.0 Å². The number of nitrogens with one attached hydrogen (secondary N) is 1. The number of hydrogen-bond acceptors (Lipinski definition) is 4. The Balaban J connectivity index is 1.75. The number of fused-ring (bicyclic) bond motifs is 1. The number of carbonyl (C=O) groups is 1. The summed E-state index contributed by atoms with van der Waals surface area (Å²) >= 11 is 0. The molecule has 5 heteroatoms. The molecule has 5 nitrogen and oxygen atoms in total. The van der Waals surface area contributed by atoms with Crippen LogP contribution in [0, 0.1) is 6.92 Å². The van der Waals surface area contributed by atoms with E-state index in [2.05, 4.69) is 33.4 Å². The largest absolute Gasteiger partial charge is 0.497 e. The molecule has 1 amide bonds. The molecular weight excluding hydrogens is 350 g/mol. The Kier molecular flexibility index (Phi) is 4.46. The number of aromatic nitrogens is 1. The second-order valence-electron chi connectivity index (χ2n) is 7.67. The second-order valence-corrected chi connectivity index (χ2v) is 7.67. The van der Waals surface area contributed by atoms with Gasteiger partial charge in [0.25, 0.3) is 5.91 Å². The Hall–Kier alpha value is -3.08. The number of rotatable bonds is 5. The van der Waals surface area contributed by atoms with E-state index in [0.29, 0.717) is 11.3 Å². The highest BCUT2D eigenvalue weighted by Crippen LogP contribution is 2.49. The maximum Gasteiger partial charge on any atom is 0.252 e. The summed E-state index contributed by atoms with van der Waals surface area (Å²) in [7, 11) is 5.65. The summed E-state index contributed by atoms with van der Waals surface area (Å²) in [6.07, 6.45) is 3.65. The van der Waals surface area contributed by atoms with E-state index in [-0.39, 0.29) is 11.4 Å². The maximum absolute atomic E-state index is 13.1. The van der Waals surface area contributed by atoms with Crippen LogP contribution in [0.4, 0.5) is 5.69 Å². The van der Waals surface area contributed by atoms with Crippen molar-refractivity contribution in [2.45, 2.75) is 25.3 Å². The molecule has 0 atom stereocenters. The zero-order valence-corrected chi connectivity index (χ0v) is 16.7. The van der Waals surface area contributed by atoms with Crippen molar-refractivity contribution in [1.29, 1.82) is 0 Å². The number of nitrogens with zero attached hydrogens (tertiary/aromatic N) is 2. The standard InChI is InChI=1S/C23H25N3O2/c1-15-7-8-17(28-4)14-19(15)22(27)25-23(9-10-23)20-12-16(26(2)3)13-21-18(20)6-5-11-24-21/h5-8,11-14H,9-10H2,1-4H3,(H,25,27). The van der Waals surface area contributed by atoms with E-state index in [4.69, 9.17) is 4.74 Å². The molecule has 144 valence electrons. The van der Waals surface area contributed by atoms with Crippen LogP contribution < -0.4 is 15.0 Å². The van der Waals surface area contributed by atoms with Gasteiger partial charge in [-0.25, -0.2) is 0 Å². The molecule has 28 heavy (non-hydrogen) atoms. The Morgan fingerprint density at radius 3 is 2.64 bits per heavy atom. The van der Waals surface area contributed by atoms with E-state index < -0.39 is 0 Å². The summed E-state index contributed by atoms with van der Waals surface area (Å²) in [6, 6.07) is 13.9. The fraction of sp³-hybridized carbons (Fsp3) is 0.304. The smallest absolute Gasteiger partial charge is 0.252 e. The van der Waals surface area contributed by atoms with E-state index in [1.165, 1.54) is 0 Å². The van der Waals surface area contributed by atoms with Gasteiger partial charge in [0.15, 0.2) is 0 Å². The number of methoxy groups -OCH3 is 1. The van der Waals surface area contributed by atoms with Crippen LogP contribution >= 0.6 is 0 Å². The molecular formula is C23H25N3O2. The lowest BCUT2D eigenvalue weighted by Crippen LogP contribution is -2.35. The van der Waals surface area contributed by atoms with Crippen LogP contribution in [0.5, 0.6) is 5.75 Å². The molecule has 1 heterocycles. The minimum atomic E-state index is -0.347. The molecule has 0 spiro atoms. The number of pyridine rings is 1. The van der Waals surface area contributed by atoms with Gasteiger partial charge in [0.2, 0.25) is 0 Å². The fourth-order valence-corrected chi connectivity index (χ4v) is 3.67. The Labute approximate surface area is 165 Å². The highest BCUT2D eigenvalue weighted by Gasteiger charge is 2.47. The lowest BCUT2D eigenvalue weighted by molar-refractivity contribution is 0.0930. The van der Waals surface area contributed by atoms with Crippen molar-refractivity contribution in [3.8, 4) is 5.75 Å². The molecule has 1 aliphatic rings. The van der Waals surface area contributed by atoms with Crippen LogP contribution in [0.3, 0.4) is 0 Å². The molecule has 4 rings (SSSR count). The number of amides is 1. The average Bonchev–Trinajstić information content (AvgIpc) is 3.47. The Morgan fingerprint density at radius 1 is 1.18 bits per heavy atom. The summed E-state index contributed by atoms with van der Waals surface area (Å²) in [5.41, 5.74) is 4.40. The normalized spacial score (nSPS) is 14.6. The third-order valence-corrected chi connectivity index (χ3v) is 5.53. The topological polar surface area (TPSA) is 54.5 Å². The molecule has 0 bridgehead atoms. The van der Waals surface area contributed by atoms with Gasteiger partial charge in [-0.3, -0.25) is 9.78 Å². The SMILES string of the molecule is COc1ccc(C)c(C(=O)NC2(c3cc(N(C)C)cc4ncccc34)CC2)c1. The zero-order chi connectivity index (χ0) is 19.9. The van der Waals surface area contributed by atoms with Crippen LogP contribution in [0.1, 0.15) is 34.3 Å². The minimum Gasteiger partial charge on any atom is -0.497 e. The molecule has 0 radical (unpaired) electrons. The first-order chi connectivity index (χ1) is 13.4. The Bertz CT molecular complexity index is 1050. The summed E-state index contributed by atoms with van der Waals surface area (Å²) < 4.78 is 5.30. The van der Waals surface area contributed by atoms with Crippen molar-refractivity contribution in [3.05, 3.63) is 65.4 Å². The van der Waals surface area contributed by atoms with Gasteiger partial charge in [0.05, 0.1) is 18.2 Å². The van der Waals surface area contributed by atoms with Gasteiger partial charge in [-0.1, -0.05) is 12.1 Å². The number of anilines is 1. The first-order valence-electron chi connectivity index (χ1n) is 9.47. The molecule has 1 aliphatic carbocycles. The van der Waals surface area contributed by atoms with Gasteiger partial charge >= 0.3 is 0 Å². The van der Waals surface area contributed by atoms with Gasteiger partial charge in [-0.05, 0) is 61.2 Å². The Morgan fingerprint density at radius 2 is 1.96 bits per heavy atom. The number of hydrogen-bond donors (Lipinski definition) is 1. The molecule has 2 aromatic carbocycles. The van der Waals surface area contributed by atoms with Crippen molar-refractivity contribution < 1.29 is 9.53 Å². The van der Waals surface area contributed by atoms with Crippen molar-refractivity contribution >= 4 is 22.5 Å². The number of aryl methyl sites for hydroxylation is 1. The van der Waals surface area contributed by atoms with E-state index in [1.807, 2.05) is 45.4 Å². The molecule has 1 saturated carbocycles. The molecule has 1 N–H and O–H groups in total. The van der Waals surface area contributed by atoms with Crippen molar-refractivity contribution in [3.63, 3.8) is 0 Å². The third-order valence-electron chi connectivity index (χ3n) is 5.53. The van der Waals surface area contributed by atoms with Gasteiger partial charge in [0.1, 0.15) is 5.75 Å². The van der Waals surface area contributed by atoms with Crippen LogP contribution in [0.2, 0.25) is 0 Å². The highest BCUT2D eigenvalue weighted by molar-refractivity contribution is 5.97. The van der Waals surface area contributed by atoms with Crippen LogP contribution in [0.15, 0.2) is 48.7 Å². The molecule has 0 unspecified atom stereocenters. The summed E-state index contributed by atoms with van der Waals surface area (Å²) in [5, 5.41) is 4.40. The average molecular weight is 375 g/mol. The quantitative estimate of drug-likeness (QED) is 0.731. The number of benzene rings is 2. The van der Waals surface area contributed by atoms with Crippen LogP contribution in [-0.4, -0.2) is 32.1 Å². The van der Waals surface area contributed by atoms with E-state index in [9.17, 15) is 4.79 Å². The predicted molar refractivity (Wildman–Crippen MR) is 112 cm³/mol. The lowest BCUT2D eigenvalue weighted by Gasteiger charge is -2.23. The van der Waals surface area contributed by atoms with Crippen LogP contribution in [-0.2, 0) is 5.54 Å². The molecule has 1 fully saturated rings. The van der Waals surface area contributed by atoms with Gasteiger partial charge in [-0.15, -0.1) is 0 Å². The lowest BCUT2D eigenvalue weighted by atomic mass is 9.97. The molecule has 0 aliphatic heterocycles. The fourth-order valence-electron chi connectivity index (χ4n) is 3.67. The molecule has 1 aromatic heterocycles. The first kappa shape index (κ1) is 18.3. The highest BCUT2D eigenvalue weighted by atomic mass is 16.5. The monoisotopic (exact) mass is 375 g/mol. The maximum atomic E-state index is 13.1. The molecule has 3 aromatic rings. The van der Waals surface area contributed by atoms with E-state index >= 15 is 0 Å². The summed E-state index contributed by atoms with van der Waals surface area (Å²) in [6.45, 7) is 1.94. The van der Waals surface area contributed by atoms with E-state index in [1.54, 1.807) is 13.2 Å². The summed E-state index contributed by atoms with van der Waals surface area (Å²) in [5.74, 6) is 0.617. The van der Waals surface area contributed by atoms with E-state index in [0.717, 1.165) is 40.6 Å². The zero-order valence-electron chi connectivity index (χ0n) is 16.7. The van der Waals surface area contributed by atoms with Crippen molar-refractivity contribution in [2.24, 2.45) is 0 Å². The van der Waals surface area contributed by atoms with Crippen LogP contribution in [0.25, 0.3) is 10.9 Å². The molecule has 0 saturated heterocycles. The third kappa shape index (κ3) is 3.17. The van der Waals surface area contributed by atoms with Gasteiger partial charge in [0, 0.05) is 36.9 Å². The number of carbonyl (C=O) groups excluding carboxylic acids is 1.